The first-order valence-corrected chi connectivity index (χ1v) is 22.7. The highest BCUT2D eigenvalue weighted by atomic mass is 15.1. The highest BCUT2D eigenvalue weighted by Gasteiger charge is 2.17. The largest absolute Gasteiger partial charge is 0.311 e. The van der Waals surface area contributed by atoms with E-state index in [1.807, 2.05) is 0 Å². The van der Waals surface area contributed by atoms with E-state index in [1.54, 1.807) is 0 Å². The molecule has 0 N–H and O–H groups in total. The van der Waals surface area contributed by atoms with Gasteiger partial charge >= 0.3 is 0 Å². The van der Waals surface area contributed by atoms with Crippen molar-refractivity contribution in [3.05, 3.63) is 255 Å². The minimum absolute atomic E-state index is 1.09. The van der Waals surface area contributed by atoms with Gasteiger partial charge in [0.15, 0.2) is 0 Å². The number of aromatic nitrogens is 1. The van der Waals surface area contributed by atoms with E-state index in [0.717, 1.165) is 22.7 Å². The van der Waals surface area contributed by atoms with Gasteiger partial charge in [-0.1, -0.05) is 176 Å². The third-order valence-electron chi connectivity index (χ3n) is 13.6. The number of hydrogen-bond donors (Lipinski definition) is 0. The van der Waals surface area contributed by atoms with Crippen LogP contribution in [0.4, 0.5) is 17.1 Å². The van der Waals surface area contributed by atoms with Gasteiger partial charge in [0.1, 0.15) is 0 Å². The molecule has 0 bridgehead atoms. The van der Waals surface area contributed by atoms with E-state index in [4.69, 9.17) is 0 Å². The van der Waals surface area contributed by atoms with Crippen molar-refractivity contribution >= 4 is 82.0 Å². The second-order valence-corrected chi connectivity index (χ2v) is 17.3. The number of rotatable bonds is 7. The number of hydrogen-bond acceptors (Lipinski definition) is 1. The maximum Gasteiger partial charge on any atom is 0.0541 e. The Bertz CT molecular complexity index is 3870. The lowest BCUT2D eigenvalue weighted by Crippen LogP contribution is -2.10. The standard InChI is InChI=1S/C64H42N2/c1-2-12-43(13-3-1)46-22-24-49-41-47(23-25-48(49)40-46)44-26-31-51(32-27-44)65(53-35-37-54(38-36-53)66-63-20-10-8-18-60(63)61-19-9-11-21-64(61)66)52-33-28-45(29-34-52)50-30-39-59-57-16-5-4-14-55(57)56-15-6-7-17-58(56)62(59)42-50/h1-42H. The fourth-order valence-corrected chi connectivity index (χ4v) is 10.3. The van der Waals surface area contributed by atoms with Crippen LogP contribution in [0, 0.1) is 0 Å². The third kappa shape index (κ3) is 6.34. The molecule has 0 aliphatic carbocycles. The molecule has 1 aromatic heterocycles. The van der Waals surface area contributed by atoms with E-state index in [-0.39, 0.29) is 0 Å². The summed E-state index contributed by atoms with van der Waals surface area (Å²) in [4.78, 5) is 2.37. The molecule has 308 valence electrons. The predicted molar refractivity (Wildman–Crippen MR) is 282 cm³/mol. The van der Waals surface area contributed by atoms with Crippen molar-refractivity contribution in [3.63, 3.8) is 0 Å². The molecule has 0 saturated carbocycles. The fraction of sp³-hybridized carbons (Fsp3) is 0. The Morgan fingerprint density at radius 1 is 0.227 bits per heavy atom. The number of nitrogens with zero attached hydrogens (tertiary/aromatic N) is 2. The van der Waals surface area contributed by atoms with Gasteiger partial charge in [0, 0.05) is 33.5 Å². The zero-order valence-electron chi connectivity index (χ0n) is 36.1. The molecule has 2 nitrogen and oxygen atoms in total. The summed E-state index contributed by atoms with van der Waals surface area (Å²) < 4.78 is 2.38. The molecular formula is C64H42N2. The van der Waals surface area contributed by atoms with Gasteiger partial charge < -0.3 is 9.47 Å². The van der Waals surface area contributed by atoms with Crippen LogP contribution in [0.3, 0.4) is 0 Å². The highest BCUT2D eigenvalue weighted by Crippen LogP contribution is 2.41. The minimum Gasteiger partial charge on any atom is -0.311 e. The Kier molecular flexibility index (Phi) is 8.89. The quantitative estimate of drug-likeness (QED) is 0.145. The molecule has 13 aromatic rings. The van der Waals surface area contributed by atoms with Crippen LogP contribution in [0.25, 0.3) is 104 Å². The molecule has 66 heavy (non-hydrogen) atoms. The average Bonchev–Trinajstić information content (AvgIpc) is 3.73. The summed E-state index contributed by atoms with van der Waals surface area (Å²) in [5.74, 6) is 0. The molecule has 0 aliphatic rings. The summed E-state index contributed by atoms with van der Waals surface area (Å²) in [6.45, 7) is 0. The first-order chi connectivity index (χ1) is 32.7. The maximum absolute atomic E-state index is 2.38. The molecule has 0 saturated heterocycles. The van der Waals surface area contributed by atoms with Gasteiger partial charge in [0.25, 0.3) is 0 Å². The van der Waals surface area contributed by atoms with E-state index in [9.17, 15) is 0 Å². The van der Waals surface area contributed by atoms with Gasteiger partial charge in [-0.25, -0.2) is 0 Å². The summed E-state index contributed by atoms with van der Waals surface area (Å²) >= 11 is 0. The lowest BCUT2D eigenvalue weighted by molar-refractivity contribution is 1.17. The van der Waals surface area contributed by atoms with Crippen molar-refractivity contribution in [1.82, 2.24) is 4.57 Å². The molecule has 0 aliphatic heterocycles. The topological polar surface area (TPSA) is 8.17 Å². The Labute approximate surface area is 383 Å². The van der Waals surface area contributed by atoms with E-state index in [0.29, 0.717) is 0 Å². The molecule has 2 heteroatoms. The molecule has 0 atom stereocenters. The first-order valence-electron chi connectivity index (χ1n) is 22.7. The Balaban J connectivity index is 0.886. The van der Waals surface area contributed by atoms with Gasteiger partial charge in [-0.15, -0.1) is 0 Å². The van der Waals surface area contributed by atoms with Crippen molar-refractivity contribution in [3.8, 4) is 39.1 Å². The molecular weight excluding hydrogens is 797 g/mol. The van der Waals surface area contributed by atoms with Gasteiger partial charge in [-0.3, -0.25) is 0 Å². The van der Waals surface area contributed by atoms with Crippen molar-refractivity contribution in [2.24, 2.45) is 0 Å². The third-order valence-corrected chi connectivity index (χ3v) is 13.6. The summed E-state index contributed by atoms with van der Waals surface area (Å²) in [6, 6.07) is 93.2. The Morgan fingerprint density at radius 3 is 1.08 bits per heavy atom. The molecule has 0 spiro atoms. The summed E-state index contributed by atoms with van der Waals surface area (Å²) in [6.07, 6.45) is 0. The van der Waals surface area contributed by atoms with Crippen LogP contribution < -0.4 is 4.90 Å². The zero-order chi connectivity index (χ0) is 43.6. The van der Waals surface area contributed by atoms with Gasteiger partial charge in [-0.2, -0.15) is 0 Å². The van der Waals surface area contributed by atoms with Crippen LogP contribution in [-0.2, 0) is 0 Å². The van der Waals surface area contributed by atoms with Crippen LogP contribution in [0.15, 0.2) is 255 Å². The number of fused-ring (bicyclic) bond motifs is 10. The Hall–Kier alpha value is -8.72. The predicted octanol–water partition coefficient (Wildman–Crippen LogP) is 17.9. The van der Waals surface area contributed by atoms with Crippen molar-refractivity contribution in [2.45, 2.75) is 0 Å². The lowest BCUT2D eigenvalue weighted by Gasteiger charge is -2.26. The second kappa shape index (κ2) is 15.5. The van der Waals surface area contributed by atoms with Crippen molar-refractivity contribution in [2.75, 3.05) is 4.90 Å². The first kappa shape index (κ1) is 37.8. The molecule has 0 unspecified atom stereocenters. The number of para-hydroxylation sites is 2. The molecule has 12 aromatic carbocycles. The molecule has 0 amide bonds. The Morgan fingerprint density at radius 2 is 0.576 bits per heavy atom. The van der Waals surface area contributed by atoms with Gasteiger partial charge in [-0.05, 0) is 155 Å². The normalized spacial score (nSPS) is 11.6. The average molecular weight is 839 g/mol. The molecule has 0 fully saturated rings. The number of anilines is 3. The van der Waals surface area contributed by atoms with Gasteiger partial charge in [0.05, 0.1) is 11.0 Å². The minimum atomic E-state index is 1.09. The van der Waals surface area contributed by atoms with Crippen LogP contribution >= 0.6 is 0 Å². The molecule has 1 heterocycles. The summed E-state index contributed by atoms with van der Waals surface area (Å²) in [5, 5.41) is 12.7. The maximum atomic E-state index is 2.38. The van der Waals surface area contributed by atoms with Crippen molar-refractivity contribution < 1.29 is 0 Å². The van der Waals surface area contributed by atoms with E-state index < -0.39 is 0 Å². The highest BCUT2D eigenvalue weighted by molar-refractivity contribution is 6.25. The van der Waals surface area contributed by atoms with Crippen LogP contribution in [0.2, 0.25) is 0 Å². The van der Waals surface area contributed by atoms with Crippen LogP contribution in [0.5, 0.6) is 0 Å². The van der Waals surface area contributed by atoms with Crippen molar-refractivity contribution in [1.29, 1.82) is 0 Å². The molecule has 0 radical (unpaired) electrons. The summed E-state index contributed by atoms with van der Waals surface area (Å²) in [7, 11) is 0. The van der Waals surface area contributed by atoms with E-state index in [2.05, 4.69) is 264 Å². The number of benzene rings is 12. The van der Waals surface area contributed by atoms with E-state index >= 15 is 0 Å². The van der Waals surface area contributed by atoms with Gasteiger partial charge in [0.2, 0.25) is 0 Å². The van der Waals surface area contributed by atoms with Crippen LogP contribution in [-0.4, -0.2) is 4.57 Å². The lowest BCUT2D eigenvalue weighted by atomic mass is 9.92. The molecule has 13 rings (SSSR count). The fourth-order valence-electron chi connectivity index (χ4n) is 10.3. The van der Waals surface area contributed by atoms with E-state index in [1.165, 1.54) is 98.3 Å². The smallest absolute Gasteiger partial charge is 0.0541 e. The second-order valence-electron chi connectivity index (χ2n) is 17.3. The van der Waals surface area contributed by atoms with Crippen LogP contribution in [0.1, 0.15) is 0 Å². The summed E-state index contributed by atoms with van der Waals surface area (Å²) in [5.41, 5.74) is 14.0. The monoisotopic (exact) mass is 838 g/mol. The zero-order valence-corrected chi connectivity index (χ0v) is 36.1. The SMILES string of the molecule is c1ccc(-c2ccc3cc(-c4ccc(N(c5ccc(-c6ccc7c8ccccc8c8ccccc8c7c6)cc5)c5ccc(-n6c7ccccc7c7ccccc76)cc5)cc4)ccc3c2)cc1.